The molecule has 0 amide bonds. The summed E-state index contributed by atoms with van der Waals surface area (Å²) in [7, 11) is 1.92. The third-order valence-electron chi connectivity index (χ3n) is 3.67. The van der Waals surface area contributed by atoms with Crippen molar-refractivity contribution < 1.29 is 4.57 Å². The Hall–Kier alpha value is -2.42. The number of benzene rings is 2. The maximum atomic E-state index is 9.59. The molecule has 2 N–H and O–H groups in total. The summed E-state index contributed by atoms with van der Waals surface area (Å²) in [6.07, 6.45) is 0. The van der Waals surface area contributed by atoms with Gasteiger partial charge in [-0.3, -0.25) is 0 Å². The van der Waals surface area contributed by atoms with Crippen molar-refractivity contribution in [2.75, 3.05) is 5.32 Å². The summed E-state index contributed by atoms with van der Waals surface area (Å²) in [6.45, 7) is 0. The molecule has 4 nitrogen and oxygen atoms in total. The Kier molecular flexibility index (Phi) is 4.28. The van der Waals surface area contributed by atoms with E-state index in [9.17, 15) is 5.26 Å². The molecule has 1 unspecified atom stereocenters. The first-order chi connectivity index (χ1) is 11.1. The standard InChI is InChI=1S/C17H13ClN4S/c1-22-15-5-3-2-4-14(15)21-16(22)13(10-19)17(23)20-12-8-6-11(18)7-9-12/h2-9,13H,1H3,(H,20,23)/p+1. The third-order valence-corrected chi connectivity index (χ3v) is 4.26. The number of hydrogen-bond donors (Lipinski definition) is 2. The number of aromatic amines is 1. The van der Waals surface area contributed by atoms with Gasteiger partial charge >= 0.3 is 0 Å². The minimum absolute atomic E-state index is 0.442. The van der Waals surface area contributed by atoms with Crippen LogP contribution in [-0.4, -0.2) is 9.97 Å². The van der Waals surface area contributed by atoms with Crippen molar-refractivity contribution in [3.8, 4) is 6.07 Å². The highest BCUT2D eigenvalue weighted by Crippen LogP contribution is 2.20. The molecule has 0 saturated carbocycles. The monoisotopic (exact) mass is 341 g/mol. The molecule has 23 heavy (non-hydrogen) atoms. The minimum Gasteiger partial charge on any atom is -0.348 e. The zero-order valence-corrected chi connectivity index (χ0v) is 13.9. The molecule has 0 saturated heterocycles. The number of hydrogen-bond acceptors (Lipinski definition) is 2. The van der Waals surface area contributed by atoms with Crippen LogP contribution in [0.2, 0.25) is 5.02 Å². The molecule has 0 bridgehead atoms. The maximum Gasteiger partial charge on any atom is 0.279 e. The Morgan fingerprint density at radius 3 is 2.61 bits per heavy atom. The summed E-state index contributed by atoms with van der Waals surface area (Å²) < 4.78 is 1.96. The van der Waals surface area contributed by atoms with Gasteiger partial charge in [0.2, 0.25) is 0 Å². The van der Waals surface area contributed by atoms with Crippen LogP contribution in [0.15, 0.2) is 48.5 Å². The van der Waals surface area contributed by atoms with Crippen molar-refractivity contribution in [2.45, 2.75) is 5.92 Å². The smallest absolute Gasteiger partial charge is 0.279 e. The molecule has 1 atom stereocenters. The molecule has 1 aromatic heterocycles. The third kappa shape index (κ3) is 3.04. The molecule has 0 aliphatic carbocycles. The molecule has 0 aliphatic heterocycles. The average molecular weight is 342 g/mol. The number of H-pyrrole nitrogens is 1. The highest BCUT2D eigenvalue weighted by molar-refractivity contribution is 7.80. The lowest BCUT2D eigenvalue weighted by atomic mass is 10.1. The summed E-state index contributed by atoms with van der Waals surface area (Å²) >= 11 is 11.3. The Bertz CT molecular complexity index is 908. The molecular formula is C17H14ClN4S+. The Morgan fingerprint density at radius 1 is 1.26 bits per heavy atom. The largest absolute Gasteiger partial charge is 0.348 e. The first-order valence-electron chi connectivity index (χ1n) is 7.03. The van der Waals surface area contributed by atoms with Crippen molar-refractivity contribution in [1.29, 1.82) is 5.26 Å². The zero-order valence-electron chi connectivity index (χ0n) is 12.4. The number of anilines is 1. The highest BCUT2D eigenvalue weighted by Gasteiger charge is 2.28. The van der Waals surface area contributed by atoms with Gasteiger partial charge in [0.15, 0.2) is 17.0 Å². The van der Waals surface area contributed by atoms with Crippen LogP contribution in [-0.2, 0) is 7.05 Å². The van der Waals surface area contributed by atoms with Crippen LogP contribution in [0, 0.1) is 11.3 Å². The number of nitrogens with zero attached hydrogens (tertiary/aromatic N) is 2. The second-order valence-electron chi connectivity index (χ2n) is 5.14. The van der Waals surface area contributed by atoms with Crippen LogP contribution in [0.25, 0.3) is 11.0 Å². The SMILES string of the molecule is C[n+]1c(C(C#N)C(=S)Nc2ccc(Cl)cc2)[nH]c2ccccc21. The van der Waals surface area contributed by atoms with Crippen LogP contribution in [0.4, 0.5) is 5.69 Å². The second kappa shape index (κ2) is 6.37. The molecule has 0 radical (unpaired) electrons. The van der Waals surface area contributed by atoms with Crippen molar-refractivity contribution in [2.24, 2.45) is 7.05 Å². The quantitative estimate of drug-likeness (QED) is 0.564. The molecular weight excluding hydrogens is 328 g/mol. The van der Waals surface area contributed by atoms with E-state index in [1.807, 2.05) is 48.0 Å². The van der Waals surface area contributed by atoms with Gasteiger partial charge in [0.05, 0.1) is 13.1 Å². The Morgan fingerprint density at radius 2 is 1.96 bits per heavy atom. The van der Waals surface area contributed by atoms with Crippen LogP contribution in [0.5, 0.6) is 0 Å². The number of imidazole rings is 1. The van der Waals surface area contributed by atoms with Crippen molar-refractivity contribution in [3.05, 3.63) is 59.4 Å². The number of halogens is 1. The number of aryl methyl sites for hydroxylation is 1. The van der Waals surface area contributed by atoms with Gasteiger partial charge in [-0.05, 0) is 36.4 Å². The summed E-state index contributed by atoms with van der Waals surface area (Å²) in [5.41, 5.74) is 2.80. The summed E-state index contributed by atoms with van der Waals surface area (Å²) in [5.74, 6) is 0.179. The fraction of sp³-hybridized carbons (Fsp3) is 0.118. The van der Waals surface area contributed by atoms with Crippen molar-refractivity contribution in [1.82, 2.24) is 4.98 Å². The van der Waals surface area contributed by atoms with Gasteiger partial charge in [-0.25, -0.2) is 9.55 Å². The van der Waals surface area contributed by atoms with Gasteiger partial charge in [0.1, 0.15) is 4.99 Å². The lowest BCUT2D eigenvalue weighted by Gasteiger charge is -2.10. The van der Waals surface area contributed by atoms with Gasteiger partial charge < -0.3 is 5.32 Å². The molecule has 2 aromatic carbocycles. The number of fused-ring (bicyclic) bond motifs is 1. The van der Waals surface area contributed by atoms with Crippen molar-refractivity contribution >= 4 is 45.5 Å². The zero-order chi connectivity index (χ0) is 16.4. The number of nitriles is 1. The molecule has 0 fully saturated rings. The van der Waals surface area contributed by atoms with E-state index >= 15 is 0 Å². The fourth-order valence-electron chi connectivity index (χ4n) is 2.48. The van der Waals surface area contributed by atoms with Crippen LogP contribution in [0.3, 0.4) is 0 Å². The van der Waals surface area contributed by atoms with Crippen LogP contribution >= 0.6 is 23.8 Å². The number of thiocarbonyl (C=S) groups is 1. The van der Waals surface area contributed by atoms with Gasteiger partial charge in [-0.1, -0.05) is 36.0 Å². The normalized spacial score (nSPS) is 11.9. The lowest BCUT2D eigenvalue weighted by molar-refractivity contribution is -0.652. The number of nitrogens with one attached hydrogen (secondary N) is 2. The predicted octanol–water partition coefficient (Wildman–Crippen LogP) is 3.69. The highest BCUT2D eigenvalue weighted by atomic mass is 35.5. The predicted molar refractivity (Wildman–Crippen MR) is 95.5 cm³/mol. The molecule has 0 spiro atoms. The summed E-state index contributed by atoms with van der Waals surface area (Å²) in [5, 5.41) is 13.3. The van der Waals surface area contributed by atoms with E-state index in [2.05, 4.69) is 16.4 Å². The lowest BCUT2D eigenvalue weighted by Crippen LogP contribution is -2.36. The van der Waals surface area contributed by atoms with Gasteiger partial charge in [-0.2, -0.15) is 5.26 Å². The minimum atomic E-state index is -0.571. The summed E-state index contributed by atoms with van der Waals surface area (Å²) in [4.78, 5) is 3.72. The van der Waals surface area contributed by atoms with E-state index in [1.54, 1.807) is 12.1 Å². The Labute approximate surface area is 144 Å². The maximum absolute atomic E-state index is 9.59. The van der Waals surface area contributed by atoms with E-state index < -0.39 is 5.92 Å². The first kappa shape index (κ1) is 15.5. The van der Waals surface area contributed by atoms with E-state index in [0.717, 1.165) is 22.5 Å². The van der Waals surface area contributed by atoms with Crippen LogP contribution in [0.1, 0.15) is 11.7 Å². The van der Waals surface area contributed by atoms with Crippen molar-refractivity contribution in [3.63, 3.8) is 0 Å². The van der Waals surface area contributed by atoms with E-state index in [0.29, 0.717) is 10.0 Å². The summed E-state index contributed by atoms with van der Waals surface area (Å²) in [6, 6.07) is 17.4. The molecule has 0 aliphatic rings. The van der Waals surface area contributed by atoms with E-state index in [4.69, 9.17) is 23.8 Å². The molecule has 114 valence electrons. The molecule has 3 aromatic rings. The Balaban J connectivity index is 1.92. The van der Waals surface area contributed by atoms with Gasteiger partial charge in [0.25, 0.3) is 5.82 Å². The molecule has 3 rings (SSSR count). The van der Waals surface area contributed by atoms with Gasteiger partial charge in [0, 0.05) is 10.7 Å². The first-order valence-corrected chi connectivity index (χ1v) is 7.81. The van der Waals surface area contributed by atoms with E-state index in [1.165, 1.54) is 0 Å². The molecule has 6 heteroatoms. The van der Waals surface area contributed by atoms with Crippen LogP contribution < -0.4 is 9.88 Å². The average Bonchev–Trinajstić information content (AvgIpc) is 2.88. The number of aromatic nitrogens is 2. The second-order valence-corrected chi connectivity index (χ2v) is 6.02. The number of para-hydroxylation sites is 2. The molecule has 1 heterocycles. The van der Waals surface area contributed by atoms with E-state index in [-0.39, 0.29) is 0 Å². The van der Waals surface area contributed by atoms with Gasteiger partial charge in [-0.15, -0.1) is 0 Å². The topological polar surface area (TPSA) is 55.5 Å². The fourth-order valence-corrected chi connectivity index (χ4v) is 2.89. The number of rotatable bonds is 3.